The fourth-order valence-electron chi connectivity index (χ4n) is 1.84. The molecule has 0 bridgehead atoms. The van der Waals surface area contributed by atoms with Crippen molar-refractivity contribution in [1.82, 2.24) is 0 Å². The topological polar surface area (TPSA) is 30.5 Å². The number of anilines is 1. The first-order chi connectivity index (χ1) is 10.5. The van der Waals surface area contributed by atoms with Gasteiger partial charge in [0.15, 0.2) is 0 Å². The molecule has 6 heteroatoms. The minimum absolute atomic E-state index is 0.0566. The van der Waals surface area contributed by atoms with Gasteiger partial charge in [-0.25, -0.2) is 0 Å². The van der Waals surface area contributed by atoms with Crippen molar-refractivity contribution in [2.45, 2.75) is 13.0 Å². The predicted molar refractivity (Wildman–Crippen MR) is 93.0 cm³/mol. The van der Waals surface area contributed by atoms with Gasteiger partial charge in [0, 0.05) is 0 Å². The van der Waals surface area contributed by atoms with Crippen molar-refractivity contribution >= 4 is 40.5 Å². The lowest BCUT2D eigenvalue weighted by Gasteiger charge is -2.17. The first-order valence-electron chi connectivity index (χ1n) is 6.68. The number of rotatable bonds is 6. The van der Waals surface area contributed by atoms with Gasteiger partial charge < -0.3 is 14.8 Å². The highest BCUT2D eigenvalue weighted by Crippen LogP contribution is 2.32. The highest BCUT2D eigenvalue weighted by molar-refractivity contribution is 6.44. The van der Waals surface area contributed by atoms with Gasteiger partial charge >= 0.3 is 0 Å². The summed E-state index contributed by atoms with van der Waals surface area (Å²) in [6, 6.07) is 10.7. The van der Waals surface area contributed by atoms with Crippen molar-refractivity contribution in [3.8, 4) is 11.5 Å². The van der Waals surface area contributed by atoms with Crippen molar-refractivity contribution in [3.05, 3.63) is 51.5 Å². The highest BCUT2D eigenvalue weighted by atomic mass is 35.5. The number of halogens is 3. The molecule has 0 saturated heterocycles. The molecule has 0 aliphatic carbocycles. The quantitative estimate of drug-likeness (QED) is 0.687. The highest BCUT2D eigenvalue weighted by Gasteiger charge is 2.09. The summed E-state index contributed by atoms with van der Waals surface area (Å²) in [5.74, 6) is 1.57. The average Bonchev–Trinajstić information content (AvgIpc) is 2.50. The van der Waals surface area contributed by atoms with Gasteiger partial charge in [0.1, 0.15) is 17.6 Å². The summed E-state index contributed by atoms with van der Waals surface area (Å²) in [6.07, 6.45) is -0.0566. The lowest BCUT2D eigenvalue weighted by Crippen LogP contribution is -2.22. The van der Waals surface area contributed by atoms with Crippen molar-refractivity contribution in [3.63, 3.8) is 0 Å². The third-order valence-electron chi connectivity index (χ3n) is 2.99. The third kappa shape index (κ3) is 4.60. The lowest BCUT2D eigenvalue weighted by molar-refractivity contribution is 0.234. The zero-order chi connectivity index (χ0) is 16.1. The maximum Gasteiger partial charge on any atom is 0.120 e. The lowest BCUT2D eigenvalue weighted by atomic mass is 10.3. The van der Waals surface area contributed by atoms with E-state index in [1.807, 2.05) is 31.2 Å². The summed E-state index contributed by atoms with van der Waals surface area (Å²) in [6.45, 7) is 2.53. The van der Waals surface area contributed by atoms with Gasteiger partial charge in [0.05, 0.1) is 34.4 Å². The SMILES string of the molecule is COc1ccc(OC(C)CNc2cc(Cl)c(Cl)cc2Cl)cc1. The van der Waals surface area contributed by atoms with E-state index in [0.29, 0.717) is 21.6 Å². The molecule has 1 atom stereocenters. The number of benzene rings is 2. The Balaban J connectivity index is 1.92. The molecule has 0 heterocycles. The Hall–Kier alpha value is -1.29. The van der Waals surface area contributed by atoms with Crippen LogP contribution in [0.1, 0.15) is 6.92 Å². The molecule has 0 radical (unpaired) electrons. The van der Waals surface area contributed by atoms with E-state index in [4.69, 9.17) is 44.3 Å². The average molecular weight is 361 g/mol. The molecule has 0 aliphatic rings. The second-order valence-electron chi connectivity index (χ2n) is 4.73. The summed E-state index contributed by atoms with van der Waals surface area (Å²) in [7, 11) is 1.63. The molecular formula is C16H16Cl3NO2. The fraction of sp³-hybridized carbons (Fsp3) is 0.250. The summed E-state index contributed by atoms with van der Waals surface area (Å²) < 4.78 is 10.9. The van der Waals surface area contributed by atoms with Crippen LogP contribution in [0, 0.1) is 0 Å². The van der Waals surface area contributed by atoms with Crippen molar-refractivity contribution in [2.24, 2.45) is 0 Å². The molecule has 3 nitrogen and oxygen atoms in total. The molecule has 118 valence electrons. The Labute approximate surface area is 145 Å². The molecule has 2 aromatic rings. The van der Waals surface area contributed by atoms with Crippen LogP contribution in [-0.2, 0) is 0 Å². The second-order valence-corrected chi connectivity index (χ2v) is 5.95. The van der Waals surface area contributed by atoms with Crippen molar-refractivity contribution in [2.75, 3.05) is 19.0 Å². The normalized spacial score (nSPS) is 11.9. The minimum Gasteiger partial charge on any atom is -0.497 e. The Morgan fingerprint density at radius 3 is 2.18 bits per heavy atom. The zero-order valence-electron chi connectivity index (χ0n) is 12.2. The van der Waals surface area contributed by atoms with E-state index in [9.17, 15) is 0 Å². The van der Waals surface area contributed by atoms with Crippen LogP contribution in [0.3, 0.4) is 0 Å². The number of ether oxygens (including phenoxy) is 2. The fourth-order valence-corrected chi connectivity index (χ4v) is 2.45. The van der Waals surface area contributed by atoms with Crippen molar-refractivity contribution in [1.29, 1.82) is 0 Å². The monoisotopic (exact) mass is 359 g/mol. The smallest absolute Gasteiger partial charge is 0.120 e. The van der Waals surface area contributed by atoms with Crippen LogP contribution in [-0.4, -0.2) is 19.8 Å². The Kier molecular flexibility index (Phi) is 6.07. The summed E-state index contributed by atoms with van der Waals surface area (Å²) >= 11 is 18.0. The van der Waals surface area contributed by atoms with Crippen LogP contribution in [0.25, 0.3) is 0 Å². The maximum absolute atomic E-state index is 6.12. The number of hydrogen-bond acceptors (Lipinski definition) is 3. The number of methoxy groups -OCH3 is 1. The van der Waals surface area contributed by atoms with Crippen LogP contribution in [0.5, 0.6) is 11.5 Å². The molecule has 0 spiro atoms. The van der Waals surface area contributed by atoms with Gasteiger partial charge in [0.25, 0.3) is 0 Å². The number of nitrogens with one attached hydrogen (secondary N) is 1. The van der Waals surface area contributed by atoms with Gasteiger partial charge in [-0.1, -0.05) is 34.8 Å². The van der Waals surface area contributed by atoms with Gasteiger partial charge in [-0.3, -0.25) is 0 Å². The van der Waals surface area contributed by atoms with Gasteiger partial charge in [-0.05, 0) is 43.3 Å². The van der Waals surface area contributed by atoms with Crippen LogP contribution in [0.2, 0.25) is 15.1 Å². The first-order valence-corrected chi connectivity index (χ1v) is 7.82. The van der Waals surface area contributed by atoms with Gasteiger partial charge in [0.2, 0.25) is 0 Å². The molecular weight excluding hydrogens is 345 g/mol. The largest absolute Gasteiger partial charge is 0.497 e. The maximum atomic E-state index is 6.12. The van der Waals surface area contributed by atoms with Gasteiger partial charge in [-0.15, -0.1) is 0 Å². The molecule has 2 aromatic carbocycles. The summed E-state index contributed by atoms with van der Waals surface area (Å²) in [4.78, 5) is 0. The van der Waals surface area contributed by atoms with E-state index in [2.05, 4.69) is 5.32 Å². The Morgan fingerprint density at radius 2 is 1.55 bits per heavy atom. The summed E-state index contributed by atoms with van der Waals surface area (Å²) in [5.41, 5.74) is 0.723. The molecule has 1 N–H and O–H groups in total. The predicted octanol–water partition coefficient (Wildman–Crippen LogP) is 5.53. The Morgan fingerprint density at radius 1 is 0.955 bits per heavy atom. The van der Waals surface area contributed by atoms with E-state index >= 15 is 0 Å². The molecule has 0 aromatic heterocycles. The third-order valence-corrected chi connectivity index (χ3v) is 4.02. The molecule has 1 unspecified atom stereocenters. The molecule has 0 saturated carbocycles. The van der Waals surface area contributed by atoms with E-state index < -0.39 is 0 Å². The molecule has 0 fully saturated rings. The van der Waals surface area contributed by atoms with E-state index in [1.54, 1.807) is 19.2 Å². The van der Waals surface area contributed by atoms with Crippen molar-refractivity contribution < 1.29 is 9.47 Å². The van der Waals surface area contributed by atoms with Crippen LogP contribution in [0.15, 0.2) is 36.4 Å². The van der Waals surface area contributed by atoms with E-state index in [0.717, 1.165) is 17.2 Å². The Bertz CT molecular complexity index is 632. The van der Waals surface area contributed by atoms with Crippen LogP contribution >= 0.6 is 34.8 Å². The first kappa shape index (κ1) is 17.1. The molecule has 0 aliphatic heterocycles. The number of hydrogen-bond donors (Lipinski definition) is 1. The van der Waals surface area contributed by atoms with Crippen LogP contribution < -0.4 is 14.8 Å². The second kappa shape index (κ2) is 7.82. The van der Waals surface area contributed by atoms with E-state index in [1.165, 1.54) is 0 Å². The van der Waals surface area contributed by atoms with Gasteiger partial charge in [-0.2, -0.15) is 0 Å². The summed E-state index contributed by atoms with van der Waals surface area (Å²) in [5, 5.41) is 4.60. The standard InChI is InChI=1S/C16H16Cl3NO2/c1-10(22-12-5-3-11(21-2)4-6-12)9-20-16-8-14(18)13(17)7-15(16)19/h3-8,10,20H,9H2,1-2H3. The van der Waals surface area contributed by atoms with Crippen LogP contribution in [0.4, 0.5) is 5.69 Å². The molecule has 2 rings (SSSR count). The zero-order valence-corrected chi connectivity index (χ0v) is 14.5. The van der Waals surface area contributed by atoms with E-state index in [-0.39, 0.29) is 6.10 Å². The minimum atomic E-state index is -0.0566. The molecule has 0 amide bonds. The molecule has 22 heavy (non-hydrogen) atoms.